The fourth-order valence-corrected chi connectivity index (χ4v) is 4.24. The van der Waals surface area contributed by atoms with Gasteiger partial charge in [0, 0.05) is 23.5 Å². The molecular weight excluding hydrogens is 399 g/mol. The fraction of sp³-hybridized carbons (Fsp3) is 0.524. The van der Waals surface area contributed by atoms with Crippen LogP contribution in [-0.2, 0) is 17.4 Å². The van der Waals surface area contributed by atoms with Crippen molar-refractivity contribution in [2.75, 3.05) is 19.6 Å². The van der Waals surface area contributed by atoms with Gasteiger partial charge < -0.3 is 5.32 Å². The van der Waals surface area contributed by atoms with Crippen molar-refractivity contribution in [2.45, 2.75) is 45.3 Å². The molecule has 158 valence electrons. The Bertz CT molecular complexity index is 811. The van der Waals surface area contributed by atoms with E-state index in [0.717, 1.165) is 31.1 Å². The van der Waals surface area contributed by atoms with E-state index in [-0.39, 0.29) is 12.3 Å². The van der Waals surface area contributed by atoms with Crippen LogP contribution in [-0.4, -0.2) is 41.5 Å². The zero-order valence-corrected chi connectivity index (χ0v) is 17.4. The Morgan fingerprint density at radius 3 is 2.55 bits per heavy atom. The van der Waals surface area contributed by atoms with Crippen LogP contribution < -0.4 is 5.32 Å². The Kier molecular flexibility index (Phi) is 6.95. The van der Waals surface area contributed by atoms with Crippen LogP contribution in [0.2, 0.25) is 0 Å². The number of amides is 1. The molecule has 1 amide bonds. The summed E-state index contributed by atoms with van der Waals surface area (Å²) >= 11 is 1.32. The SMILES string of the molecule is CC1CCN(C(C)CNC(=O)Cc2csc(-c3ccc(C(F)(F)F)cc3)n2)CC1. The summed E-state index contributed by atoms with van der Waals surface area (Å²) in [6.07, 6.45) is -1.79. The first-order valence-corrected chi connectivity index (χ1v) is 10.7. The largest absolute Gasteiger partial charge is 0.416 e. The Morgan fingerprint density at radius 2 is 1.93 bits per heavy atom. The van der Waals surface area contributed by atoms with E-state index in [9.17, 15) is 18.0 Å². The van der Waals surface area contributed by atoms with Crippen LogP contribution in [0.3, 0.4) is 0 Å². The first kappa shape index (κ1) is 21.8. The minimum Gasteiger partial charge on any atom is -0.354 e. The number of hydrogen-bond donors (Lipinski definition) is 1. The smallest absolute Gasteiger partial charge is 0.354 e. The average Bonchev–Trinajstić information content (AvgIpc) is 3.14. The van der Waals surface area contributed by atoms with E-state index in [1.165, 1.54) is 36.3 Å². The third kappa shape index (κ3) is 6.02. The molecular formula is C21H26F3N3OS. The van der Waals surface area contributed by atoms with Gasteiger partial charge in [-0.2, -0.15) is 13.2 Å². The van der Waals surface area contributed by atoms with Gasteiger partial charge in [-0.1, -0.05) is 19.1 Å². The number of halogens is 3. The molecule has 1 aromatic heterocycles. The second kappa shape index (κ2) is 9.26. The molecule has 1 fully saturated rings. The third-order valence-electron chi connectivity index (χ3n) is 5.39. The zero-order chi connectivity index (χ0) is 21.0. The van der Waals surface area contributed by atoms with Gasteiger partial charge in [-0.25, -0.2) is 4.98 Å². The van der Waals surface area contributed by atoms with Crippen molar-refractivity contribution >= 4 is 17.2 Å². The van der Waals surface area contributed by atoms with Crippen LogP contribution >= 0.6 is 11.3 Å². The maximum Gasteiger partial charge on any atom is 0.416 e. The number of benzene rings is 1. The Balaban J connectivity index is 1.50. The van der Waals surface area contributed by atoms with Crippen LogP contribution in [0.4, 0.5) is 13.2 Å². The number of alkyl halides is 3. The molecule has 0 spiro atoms. The highest BCUT2D eigenvalue weighted by Crippen LogP contribution is 2.31. The molecule has 4 nitrogen and oxygen atoms in total. The van der Waals surface area contributed by atoms with E-state index < -0.39 is 11.7 Å². The predicted molar refractivity (Wildman–Crippen MR) is 109 cm³/mol. The molecule has 0 bridgehead atoms. The monoisotopic (exact) mass is 425 g/mol. The second-order valence-corrected chi connectivity index (χ2v) is 8.63. The quantitative estimate of drug-likeness (QED) is 0.735. The van der Waals surface area contributed by atoms with E-state index >= 15 is 0 Å². The van der Waals surface area contributed by atoms with Gasteiger partial charge >= 0.3 is 6.18 Å². The van der Waals surface area contributed by atoms with Gasteiger partial charge in [0.1, 0.15) is 5.01 Å². The summed E-state index contributed by atoms with van der Waals surface area (Å²) in [7, 11) is 0. The predicted octanol–water partition coefficient (Wildman–Crippen LogP) is 4.61. The van der Waals surface area contributed by atoms with E-state index in [1.54, 1.807) is 5.38 Å². The lowest BCUT2D eigenvalue weighted by atomic mass is 9.98. The van der Waals surface area contributed by atoms with Crippen molar-refractivity contribution in [3.63, 3.8) is 0 Å². The number of aromatic nitrogens is 1. The van der Waals surface area contributed by atoms with Gasteiger partial charge in [0.15, 0.2) is 0 Å². The number of rotatable bonds is 6. The fourth-order valence-electron chi connectivity index (χ4n) is 3.41. The summed E-state index contributed by atoms with van der Waals surface area (Å²) in [4.78, 5) is 19.1. The highest BCUT2D eigenvalue weighted by Gasteiger charge is 2.30. The summed E-state index contributed by atoms with van der Waals surface area (Å²) < 4.78 is 38.0. The number of thiazole rings is 1. The molecule has 0 aliphatic carbocycles. The number of hydrogen-bond acceptors (Lipinski definition) is 4. The molecule has 0 saturated carbocycles. The Labute approximate surface area is 173 Å². The summed E-state index contributed by atoms with van der Waals surface area (Å²) in [6, 6.07) is 5.21. The minimum atomic E-state index is -4.35. The molecule has 3 rings (SSSR count). The van der Waals surface area contributed by atoms with Gasteiger partial charge in [0.2, 0.25) is 5.91 Å². The number of carbonyl (C=O) groups excluding carboxylic acids is 1. The molecule has 29 heavy (non-hydrogen) atoms. The second-order valence-electron chi connectivity index (χ2n) is 7.77. The Morgan fingerprint density at radius 1 is 1.28 bits per heavy atom. The van der Waals surface area contributed by atoms with E-state index in [4.69, 9.17) is 0 Å². The van der Waals surface area contributed by atoms with E-state index in [1.807, 2.05) is 0 Å². The molecule has 1 unspecified atom stereocenters. The minimum absolute atomic E-state index is 0.0912. The molecule has 2 aromatic rings. The van der Waals surface area contributed by atoms with Gasteiger partial charge in [-0.05, 0) is 50.9 Å². The van der Waals surface area contributed by atoms with Gasteiger partial charge in [-0.3, -0.25) is 9.69 Å². The van der Waals surface area contributed by atoms with Crippen molar-refractivity contribution in [2.24, 2.45) is 5.92 Å². The lowest BCUT2D eigenvalue weighted by Crippen LogP contribution is -2.45. The van der Waals surface area contributed by atoms with Crippen LogP contribution in [0.15, 0.2) is 29.6 Å². The molecule has 8 heteroatoms. The topological polar surface area (TPSA) is 45.2 Å². The van der Waals surface area contributed by atoms with Crippen LogP contribution in [0.5, 0.6) is 0 Å². The number of carbonyl (C=O) groups is 1. The highest BCUT2D eigenvalue weighted by atomic mass is 32.1. The zero-order valence-electron chi connectivity index (χ0n) is 16.6. The van der Waals surface area contributed by atoms with Crippen molar-refractivity contribution in [3.8, 4) is 10.6 Å². The van der Waals surface area contributed by atoms with Gasteiger partial charge in [0.25, 0.3) is 0 Å². The lowest BCUT2D eigenvalue weighted by Gasteiger charge is -2.35. The van der Waals surface area contributed by atoms with Gasteiger partial charge in [-0.15, -0.1) is 11.3 Å². The number of likely N-dealkylation sites (tertiary alicyclic amines) is 1. The summed E-state index contributed by atoms with van der Waals surface area (Å²) in [5.41, 5.74) is 0.555. The molecule has 1 saturated heterocycles. The first-order chi connectivity index (χ1) is 13.7. The molecule has 1 aliphatic heterocycles. The van der Waals surface area contributed by atoms with Crippen LogP contribution in [0.1, 0.15) is 37.9 Å². The standard InChI is InChI=1S/C21H26F3N3OS/c1-14-7-9-27(10-8-14)15(2)12-25-19(28)11-18-13-29-20(26-18)16-3-5-17(6-4-16)21(22,23)24/h3-6,13-15H,7-12H2,1-2H3,(H,25,28). The molecule has 1 N–H and O–H groups in total. The van der Waals surface area contributed by atoms with Gasteiger partial charge in [0.05, 0.1) is 17.7 Å². The number of nitrogens with one attached hydrogen (secondary N) is 1. The Hall–Kier alpha value is -1.93. The maximum atomic E-state index is 12.7. The van der Waals surface area contributed by atoms with E-state index in [2.05, 4.69) is 29.0 Å². The molecule has 1 aliphatic rings. The number of piperidine rings is 1. The normalized spacial score (nSPS) is 17.3. The van der Waals surface area contributed by atoms with Crippen molar-refractivity contribution in [3.05, 3.63) is 40.9 Å². The molecule has 1 aromatic carbocycles. The van der Waals surface area contributed by atoms with Crippen molar-refractivity contribution in [1.29, 1.82) is 0 Å². The van der Waals surface area contributed by atoms with Crippen molar-refractivity contribution < 1.29 is 18.0 Å². The summed E-state index contributed by atoms with van der Waals surface area (Å²) in [5.74, 6) is 0.683. The maximum absolute atomic E-state index is 12.7. The first-order valence-electron chi connectivity index (χ1n) is 9.85. The number of nitrogens with zero attached hydrogens (tertiary/aromatic N) is 2. The molecule has 2 heterocycles. The van der Waals surface area contributed by atoms with Crippen molar-refractivity contribution in [1.82, 2.24) is 15.2 Å². The molecule has 1 atom stereocenters. The highest BCUT2D eigenvalue weighted by molar-refractivity contribution is 7.13. The lowest BCUT2D eigenvalue weighted by molar-refractivity contribution is -0.137. The molecule has 0 radical (unpaired) electrons. The summed E-state index contributed by atoms with van der Waals surface area (Å²) in [5, 5.41) is 5.36. The van der Waals surface area contributed by atoms with Crippen LogP contribution in [0.25, 0.3) is 10.6 Å². The third-order valence-corrected chi connectivity index (χ3v) is 6.33. The van der Waals surface area contributed by atoms with Crippen LogP contribution in [0, 0.1) is 5.92 Å². The summed E-state index contributed by atoms with van der Waals surface area (Å²) in [6.45, 7) is 7.14. The van der Waals surface area contributed by atoms with E-state index in [0.29, 0.717) is 28.9 Å². The average molecular weight is 426 g/mol.